The van der Waals surface area contributed by atoms with Crippen molar-refractivity contribution in [3.63, 3.8) is 0 Å². The van der Waals surface area contributed by atoms with Crippen LogP contribution in [-0.2, 0) is 0 Å². The highest BCUT2D eigenvalue weighted by Gasteiger charge is 2.14. The van der Waals surface area contributed by atoms with Gasteiger partial charge in [0.25, 0.3) is 5.91 Å². The van der Waals surface area contributed by atoms with Crippen molar-refractivity contribution < 1.29 is 4.79 Å². The van der Waals surface area contributed by atoms with Gasteiger partial charge in [0.2, 0.25) is 5.95 Å². The number of aryl methyl sites for hydroxylation is 2. The second-order valence-electron chi connectivity index (χ2n) is 7.44. The fourth-order valence-electron chi connectivity index (χ4n) is 3.36. The van der Waals surface area contributed by atoms with Crippen LogP contribution in [0.15, 0.2) is 42.7 Å². The number of hydrogen-bond acceptors (Lipinski definition) is 7. The quantitative estimate of drug-likeness (QED) is 0.667. The number of aromatic nitrogens is 4. The molecule has 8 nitrogen and oxygen atoms in total. The van der Waals surface area contributed by atoms with E-state index in [0.717, 1.165) is 36.0 Å². The highest BCUT2D eigenvalue weighted by molar-refractivity contribution is 6.02. The Labute approximate surface area is 175 Å². The first-order valence-corrected chi connectivity index (χ1v) is 10.1. The molecule has 0 radical (unpaired) electrons. The predicted octanol–water partition coefficient (Wildman–Crippen LogP) is 3.87. The van der Waals surface area contributed by atoms with Crippen LogP contribution in [-0.4, -0.2) is 38.9 Å². The van der Waals surface area contributed by atoms with E-state index in [2.05, 4.69) is 35.5 Å². The van der Waals surface area contributed by atoms with E-state index < -0.39 is 0 Å². The van der Waals surface area contributed by atoms with Crippen LogP contribution in [0.2, 0.25) is 0 Å². The largest absolute Gasteiger partial charge is 0.356 e. The van der Waals surface area contributed by atoms with Gasteiger partial charge in [-0.05, 0) is 57.4 Å². The molecule has 154 valence electrons. The summed E-state index contributed by atoms with van der Waals surface area (Å²) in [6.07, 6.45) is 6.73. The van der Waals surface area contributed by atoms with Crippen LogP contribution in [0.5, 0.6) is 0 Å². The van der Waals surface area contributed by atoms with Crippen LogP contribution in [0.25, 0.3) is 0 Å². The smallest absolute Gasteiger partial charge is 0.275 e. The normalized spacial score (nSPS) is 13.7. The van der Waals surface area contributed by atoms with Gasteiger partial charge in [-0.25, -0.2) is 9.97 Å². The number of carbonyl (C=O) groups is 1. The number of hydrogen-bond donors (Lipinski definition) is 2. The van der Waals surface area contributed by atoms with Crippen molar-refractivity contribution in [2.45, 2.75) is 33.1 Å². The molecule has 0 saturated carbocycles. The molecule has 1 aliphatic rings. The lowest BCUT2D eigenvalue weighted by Gasteiger charge is -2.28. The minimum absolute atomic E-state index is 0.279. The van der Waals surface area contributed by atoms with Gasteiger partial charge >= 0.3 is 0 Å². The molecule has 1 aromatic carbocycles. The van der Waals surface area contributed by atoms with Gasteiger partial charge < -0.3 is 15.5 Å². The van der Waals surface area contributed by atoms with Crippen LogP contribution in [0.1, 0.15) is 41.1 Å². The van der Waals surface area contributed by atoms with Gasteiger partial charge in [-0.2, -0.15) is 4.98 Å². The molecule has 3 aromatic rings. The Kier molecular flexibility index (Phi) is 5.83. The van der Waals surface area contributed by atoms with Crippen LogP contribution in [0.4, 0.5) is 23.1 Å². The predicted molar refractivity (Wildman–Crippen MR) is 117 cm³/mol. The highest BCUT2D eigenvalue weighted by atomic mass is 16.1. The number of piperidine rings is 1. The number of benzene rings is 1. The van der Waals surface area contributed by atoms with E-state index in [0.29, 0.717) is 11.6 Å². The summed E-state index contributed by atoms with van der Waals surface area (Å²) < 4.78 is 0. The van der Waals surface area contributed by atoms with Crippen molar-refractivity contribution >= 4 is 29.0 Å². The first-order chi connectivity index (χ1) is 14.6. The average molecular weight is 403 g/mol. The van der Waals surface area contributed by atoms with Crippen LogP contribution >= 0.6 is 0 Å². The van der Waals surface area contributed by atoms with E-state index >= 15 is 0 Å². The Morgan fingerprint density at radius 2 is 1.63 bits per heavy atom. The standard InChI is InChI=1S/C22H25N7O/c1-15-12-20(29-10-4-3-5-11-29)28-22(25-15)27-18-8-6-17(7-9-18)26-21(30)19-14-23-16(2)13-24-19/h6-9,12-14H,3-5,10-11H2,1-2H3,(H,26,30)(H,25,27,28). The van der Waals surface area contributed by atoms with Crippen molar-refractivity contribution in [1.29, 1.82) is 0 Å². The van der Waals surface area contributed by atoms with Crippen molar-refractivity contribution in [3.8, 4) is 0 Å². The van der Waals surface area contributed by atoms with E-state index in [1.807, 2.05) is 44.2 Å². The minimum atomic E-state index is -0.295. The Hall–Kier alpha value is -3.55. The van der Waals surface area contributed by atoms with Crippen LogP contribution < -0.4 is 15.5 Å². The Morgan fingerprint density at radius 1 is 0.900 bits per heavy atom. The highest BCUT2D eigenvalue weighted by Crippen LogP contribution is 2.22. The van der Waals surface area contributed by atoms with Crippen molar-refractivity contribution in [3.05, 3.63) is 59.8 Å². The maximum Gasteiger partial charge on any atom is 0.275 e. The summed E-state index contributed by atoms with van der Waals surface area (Å²) in [6.45, 7) is 5.88. The molecule has 30 heavy (non-hydrogen) atoms. The zero-order valence-electron chi connectivity index (χ0n) is 17.2. The lowest BCUT2D eigenvalue weighted by atomic mass is 10.1. The number of anilines is 4. The summed E-state index contributed by atoms with van der Waals surface area (Å²) in [5.41, 5.74) is 3.49. The number of nitrogens with zero attached hydrogens (tertiary/aromatic N) is 5. The molecule has 1 amide bonds. The molecule has 1 fully saturated rings. The number of amides is 1. The maximum absolute atomic E-state index is 12.3. The van der Waals surface area contributed by atoms with E-state index in [9.17, 15) is 4.79 Å². The molecule has 0 spiro atoms. The van der Waals surface area contributed by atoms with Gasteiger partial charge in [0.1, 0.15) is 11.5 Å². The number of rotatable bonds is 5. The summed E-state index contributed by atoms with van der Waals surface area (Å²) in [5, 5.41) is 6.08. The minimum Gasteiger partial charge on any atom is -0.356 e. The summed E-state index contributed by atoms with van der Waals surface area (Å²) in [6, 6.07) is 9.43. The third kappa shape index (κ3) is 4.89. The van der Waals surface area contributed by atoms with Gasteiger partial charge in [-0.3, -0.25) is 9.78 Å². The van der Waals surface area contributed by atoms with Gasteiger partial charge in [0.15, 0.2) is 0 Å². The molecule has 2 aromatic heterocycles. The lowest BCUT2D eigenvalue weighted by molar-refractivity contribution is 0.102. The summed E-state index contributed by atoms with van der Waals surface area (Å²) >= 11 is 0. The molecule has 1 saturated heterocycles. The van der Waals surface area contributed by atoms with Gasteiger partial charge in [-0.15, -0.1) is 0 Å². The van der Waals surface area contributed by atoms with Crippen molar-refractivity contribution in [1.82, 2.24) is 19.9 Å². The molecule has 8 heteroatoms. The van der Waals surface area contributed by atoms with Crippen LogP contribution in [0, 0.1) is 13.8 Å². The first-order valence-electron chi connectivity index (χ1n) is 10.1. The Balaban J connectivity index is 1.42. The van der Waals surface area contributed by atoms with Gasteiger partial charge in [0, 0.05) is 42.4 Å². The van der Waals surface area contributed by atoms with E-state index in [1.54, 1.807) is 6.20 Å². The van der Waals surface area contributed by atoms with E-state index in [1.165, 1.54) is 25.5 Å². The lowest BCUT2D eigenvalue weighted by Crippen LogP contribution is -2.30. The van der Waals surface area contributed by atoms with Crippen molar-refractivity contribution in [2.75, 3.05) is 28.6 Å². The molecule has 0 bridgehead atoms. The van der Waals surface area contributed by atoms with Gasteiger partial charge in [0.05, 0.1) is 11.9 Å². The monoisotopic (exact) mass is 403 g/mol. The summed E-state index contributed by atoms with van der Waals surface area (Å²) in [4.78, 5) is 32.0. The molecule has 1 aliphatic heterocycles. The Bertz CT molecular complexity index is 1010. The fraction of sp³-hybridized carbons (Fsp3) is 0.318. The summed E-state index contributed by atoms with van der Waals surface area (Å²) in [7, 11) is 0. The molecular formula is C22H25N7O. The molecule has 3 heterocycles. The van der Waals surface area contributed by atoms with E-state index in [-0.39, 0.29) is 11.6 Å². The molecule has 4 rings (SSSR count). The summed E-state index contributed by atoms with van der Waals surface area (Å²) in [5.74, 6) is 1.24. The Morgan fingerprint density at radius 3 is 2.33 bits per heavy atom. The van der Waals surface area contributed by atoms with E-state index in [4.69, 9.17) is 0 Å². The second-order valence-corrected chi connectivity index (χ2v) is 7.44. The third-order valence-electron chi connectivity index (χ3n) is 4.93. The molecule has 0 aliphatic carbocycles. The zero-order valence-corrected chi connectivity index (χ0v) is 17.2. The topological polar surface area (TPSA) is 95.9 Å². The van der Waals surface area contributed by atoms with Crippen molar-refractivity contribution in [2.24, 2.45) is 0 Å². The molecule has 0 unspecified atom stereocenters. The third-order valence-corrected chi connectivity index (χ3v) is 4.93. The maximum atomic E-state index is 12.3. The fourth-order valence-corrected chi connectivity index (χ4v) is 3.36. The average Bonchev–Trinajstić information content (AvgIpc) is 2.76. The first kappa shape index (κ1) is 19.8. The number of nitrogens with one attached hydrogen (secondary N) is 2. The molecular weight excluding hydrogens is 378 g/mol. The zero-order chi connectivity index (χ0) is 20.9. The SMILES string of the molecule is Cc1cnc(C(=O)Nc2ccc(Nc3nc(C)cc(N4CCCCC4)n3)cc2)cn1. The molecule has 0 atom stereocenters. The van der Waals surface area contributed by atoms with Gasteiger partial charge in [-0.1, -0.05) is 0 Å². The molecule has 2 N–H and O–H groups in total. The second kappa shape index (κ2) is 8.86. The number of carbonyl (C=O) groups excluding carboxylic acids is 1. The van der Waals surface area contributed by atoms with Crippen LogP contribution in [0.3, 0.4) is 0 Å².